The van der Waals surface area contributed by atoms with Crippen LogP contribution in [0.4, 0.5) is 4.39 Å². The molecule has 2 nitrogen and oxygen atoms in total. The van der Waals surface area contributed by atoms with Gasteiger partial charge in [0.15, 0.2) is 0 Å². The van der Waals surface area contributed by atoms with Crippen LogP contribution in [0, 0.1) is 18.2 Å². The molecule has 0 aliphatic heterocycles. The molecule has 0 amide bonds. The van der Waals surface area contributed by atoms with Crippen molar-refractivity contribution in [2.24, 2.45) is 0 Å². The zero-order valence-electron chi connectivity index (χ0n) is 8.42. The maximum absolute atomic E-state index is 12.9. The Morgan fingerprint density at radius 3 is 2.93 bits per heavy atom. The van der Waals surface area contributed by atoms with E-state index in [9.17, 15) is 9.18 Å². The maximum Gasteiger partial charge on any atom is 0.148 e. The molecule has 0 spiro atoms. The molecular weight excluding hydrogens is 195 g/mol. The van der Waals surface area contributed by atoms with Crippen molar-refractivity contribution in [3.8, 4) is 18.1 Å². The van der Waals surface area contributed by atoms with Crippen LogP contribution in [0.1, 0.15) is 12.5 Å². The van der Waals surface area contributed by atoms with Crippen molar-refractivity contribution in [1.29, 1.82) is 0 Å². The Labute approximate surface area is 88.1 Å². The standard InChI is InChI=1S/C12H11FO2/c1-3-6-15-12-8-11(13)5-4-10(12)7-9(2)14/h1,4-5,8H,6-7H2,2H3. The van der Waals surface area contributed by atoms with E-state index in [0.29, 0.717) is 11.3 Å². The molecule has 15 heavy (non-hydrogen) atoms. The number of rotatable bonds is 4. The molecule has 1 aromatic carbocycles. The van der Waals surface area contributed by atoms with Crippen molar-refractivity contribution in [2.45, 2.75) is 13.3 Å². The fraction of sp³-hybridized carbons (Fsp3) is 0.250. The Balaban J connectivity index is 2.93. The minimum atomic E-state index is -0.408. The maximum atomic E-state index is 12.9. The number of hydrogen-bond acceptors (Lipinski definition) is 2. The summed E-state index contributed by atoms with van der Waals surface area (Å²) < 4.78 is 18.0. The summed E-state index contributed by atoms with van der Waals surface area (Å²) in [5.41, 5.74) is 0.652. The molecule has 0 atom stereocenters. The summed E-state index contributed by atoms with van der Waals surface area (Å²) in [6.45, 7) is 1.53. The molecule has 0 saturated carbocycles. The van der Waals surface area contributed by atoms with Crippen LogP contribution >= 0.6 is 0 Å². The Bertz CT molecular complexity index is 405. The SMILES string of the molecule is C#CCOc1cc(F)ccc1CC(C)=O. The first-order chi connectivity index (χ1) is 7.13. The molecule has 3 heteroatoms. The number of hydrogen-bond donors (Lipinski definition) is 0. The first-order valence-electron chi connectivity index (χ1n) is 4.47. The van der Waals surface area contributed by atoms with Crippen LogP contribution in [0.2, 0.25) is 0 Å². The number of carbonyl (C=O) groups is 1. The topological polar surface area (TPSA) is 26.3 Å². The zero-order valence-corrected chi connectivity index (χ0v) is 8.42. The highest BCUT2D eigenvalue weighted by Crippen LogP contribution is 2.20. The average molecular weight is 206 g/mol. The van der Waals surface area contributed by atoms with Gasteiger partial charge in [0.2, 0.25) is 0 Å². The van der Waals surface area contributed by atoms with E-state index in [0.717, 1.165) is 0 Å². The van der Waals surface area contributed by atoms with Gasteiger partial charge < -0.3 is 4.74 Å². The first-order valence-corrected chi connectivity index (χ1v) is 4.47. The van der Waals surface area contributed by atoms with Gasteiger partial charge in [0.1, 0.15) is 24.0 Å². The molecule has 0 N–H and O–H groups in total. The van der Waals surface area contributed by atoms with Crippen molar-refractivity contribution in [2.75, 3.05) is 6.61 Å². The Morgan fingerprint density at radius 1 is 1.60 bits per heavy atom. The van der Waals surface area contributed by atoms with Crippen LogP contribution in [0.25, 0.3) is 0 Å². The Kier molecular flexibility index (Phi) is 3.87. The third-order valence-electron chi connectivity index (χ3n) is 1.78. The second-order valence-electron chi connectivity index (χ2n) is 3.12. The predicted octanol–water partition coefficient (Wildman–Crippen LogP) is 1.97. The second kappa shape index (κ2) is 5.16. The molecule has 0 heterocycles. The third kappa shape index (κ3) is 3.43. The van der Waals surface area contributed by atoms with Crippen LogP contribution in [-0.2, 0) is 11.2 Å². The van der Waals surface area contributed by atoms with E-state index in [2.05, 4.69) is 5.92 Å². The lowest BCUT2D eigenvalue weighted by Crippen LogP contribution is -2.02. The van der Waals surface area contributed by atoms with Crippen molar-refractivity contribution < 1.29 is 13.9 Å². The number of ether oxygens (including phenoxy) is 1. The molecule has 0 radical (unpaired) electrons. The zero-order chi connectivity index (χ0) is 11.3. The van der Waals surface area contributed by atoms with Gasteiger partial charge in [-0.15, -0.1) is 6.42 Å². The number of benzene rings is 1. The van der Waals surface area contributed by atoms with Gasteiger partial charge in [-0.3, -0.25) is 4.79 Å². The third-order valence-corrected chi connectivity index (χ3v) is 1.78. The van der Waals surface area contributed by atoms with Crippen LogP contribution < -0.4 is 4.74 Å². The molecule has 0 bridgehead atoms. The quantitative estimate of drug-likeness (QED) is 0.704. The molecule has 0 fully saturated rings. The minimum absolute atomic E-state index is 0.00725. The number of terminal acetylenes is 1. The normalized spacial score (nSPS) is 9.40. The molecule has 78 valence electrons. The van der Waals surface area contributed by atoms with Gasteiger partial charge in [0.05, 0.1) is 0 Å². The van der Waals surface area contributed by atoms with E-state index in [-0.39, 0.29) is 18.8 Å². The summed E-state index contributed by atoms with van der Waals surface area (Å²) in [6, 6.07) is 4.05. The minimum Gasteiger partial charge on any atom is -0.481 e. The number of halogens is 1. The molecule has 0 saturated heterocycles. The highest BCUT2D eigenvalue weighted by Gasteiger charge is 2.07. The molecule has 0 aromatic heterocycles. The Morgan fingerprint density at radius 2 is 2.33 bits per heavy atom. The van der Waals surface area contributed by atoms with E-state index in [1.165, 1.54) is 25.1 Å². The predicted molar refractivity (Wildman–Crippen MR) is 55.1 cm³/mol. The van der Waals surface area contributed by atoms with Crippen molar-refractivity contribution >= 4 is 5.78 Å². The van der Waals surface area contributed by atoms with Gasteiger partial charge in [0.25, 0.3) is 0 Å². The number of carbonyl (C=O) groups excluding carboxylic acids is 1. The summed E-state index contributed by atoms with van der Waals surface area (Å²) in [5, 5.41) is 0. The summed E-state index contributed by atoms with van der Waals surface area (Å²) in [6.07, 6.45) is 5.25. The second-order valence-corrected chi connectivity index (χ2v) is 3.12. The lowest BCUT2D eigenvalue weighted by molar-refractivity contribution is -0.116. The Hall–Kier alpha value is -1.82. The van der Waals surface area contributed by atoms with Gasteiger partial charge >= 0.3 is 0 Å². The number of ketones is 1. The van der Waals surface area contributed by atoms with Gasteiger partial charge in [-0.25, -0.2) is 4.39 Å². The average Bonchev–Trinajstić information content (AvgIpc) is 2.18. The lowest BCUT2D eigenvalue weighted by atomic mass is 10.1. The fourth-order valence-electron chi connectivity index (χ4n) is 1.20. The summed E-state index contributed by atoms with van der Waals surface area (Å²) >= 11 is 0. The van der Waals surface area contributed by atoms with E-state index in [1.807, 2.05) is 0 Å². The van der Waals surface area contributed by atoms with Crippen molar-refractivity contribution in [1.82, 2.24) is 0 Å². The smallest absolute Gasteiger partial charge is 0.148 e. The summed E-state index contributed by atoms with van der Waals surface area (Å²) in [4.78, 5) is 10.9. The molecule has 1 aromatic rings. The van der Waals surface area contributed by atoms with Crippen LogP contribution in [-0.4, -0.2) is 12.4 Å². The molecule has 0 aliphatic carbocycles. The highest BCUT2D eigenvalue weighted by atomic mass is 19.1. The largest absolute Gasteiger partial charge is 0.481 e. The van der Waals surface area contributed by atoms with Crippen LogP contribution in [0.15, 0.2) is 18.2 Å². The first kappa shape index (κ1) is 11.3. The molecule has 0 unspecified atom stereocenters. The van der Waals surface area contributed by atoms with Crippen molar-refractivity contribution in [3.63, 3.8) is 0 Å². The number of Topliss-reactive ketones (excluding diaryl/α,β-unsaturated/α-hetero) is 1. The van der Waals surface area contributed by atoms with E-state index >= 15 is 0 Å². The highest BCUT2D eigenvalue weighted by molar-refractivity contribution is 5.78. The van der Waals surface area contributed by atoms with Gasteiger partial charge in [-0.1, -0.05) is 12.0 Å². The molecule has 1 rings (SSSR count). The molecular formula is C12H11FO2. The summed E-state index contributed by atoms with van der Waals surface area (Å²) in [7, 11) is 0. The van der Waals surface area contributed by atoms with Crippen LogP contribution in [0.3, 0.4) is 0 Å². The van der Waals surface area contributed by atoms with Gasteiger partial charge in [-0.05, 0) is 13.0 Å². The lowest BCUT2D eigenvalue weighted by Gasteiger charge is -2.08. The molecule has 0 aliphatic rings. The van der Waals surface area contributed by atoms with E-state index in [4.69, 9.17) is 11.2 Å². The van der Waals surface area contributed by atoms with Gasteiger partial charge in [-0.2, -0.15) is 0 Å². The monoisotopic (exact) mass is 206 g/mol. The fourth-order valence-corrected chi connectivity index (χ4v) is 1.20. The van der Waals surface area contributed by atoms with Crippen LogP contribution in [0.5, 0.6) is 5.75 Å². The van der Waals surface area contributed by atoms with E-state index in [1.54, 1.807) is 0 Å². The van der Waals surface area contributed by atoms with E-state index < -0.39 is 5.82 Å². The van der Waals surface area contributed by atoms with Gasteiger partial charge in [0, 0.05) is 18.1 Å². The van der Waals surface area contributed by atoms with Crippen molar-refractivity contribution in [3.05, 3.63) is 29.6 Å². The summed E-state index contributed by atoms with van der Waals surface area (Å²) in [5.74, 6) is 2.21.